The van der Waals surface area contributed by atoms with Gasteiger partial charge in [-0.05, 0) is 37.6 Å². The fraction of sp³-hybridized carbons (Fsp3) is 0.400. The number of fused-ring (bicyclic) bond motifs is 1. The summed E-state index contributed by atoms with van der Waals surface area (Å²) in [6.07, 6.45) is 2.54. The topological polar surface area (TPSA) is 44.8 Å². The average molecular weight is 297 g/mol. The molecule has 4 nitrogen and oxygen atoms in total. The molecule has 1 aliphatic rings. The Morgan fingerprint density at radius 1 is 1.40 bits per heavy atom. The maximum atomic E-state index is 11.6. The molecule has 0 saturated heterocycles. The maximum absolute atomic E-state index is 11.6. The zero-order valence-corrected chi connectivity index (χ0v) is 12.3. The molecular formula is C15H17ClO4. The minimum absolute atomic E-state index is 0.337. The number of esters is 1. The number of rotatable bonds is 3. The van der Waals surface area contributed by atoms with Gasteiger partial charge in [0.15, 0.2) is 11.5 Å². The minimum atomic E-state index is -0.337. The molecule has 0 fully saturated rings. The second kappa shape index (κ2) is 6.66. The van der Waals surface area contributed by atoms with Gasteiger partial charge in [-0.2, -0.15) is 0 Å². The molecule has 1 aliphatic heterocycles. The van der Waals surface area contributed by atoms with Gasteiger partial charge in [-0.15, -0.1) is 0 Å². The van der Waals surface area contributed by atoms with Gasteiger partial charge in [-0.25, -0.2) is 4.79 Å². The fourth-order valence-corrected chi connectivity index (χ4v) is 2.16. The number of carbonyl (C=O) groups excluding carboxylic acids is 1. The summed E-state index contributed by atoms with van der Waals surface area (Å²) in [5.74, 6) is 0.837. The fourth-order valence-electron chi connectivity index (χ4n) is 1.89. The van der Waals surface area contributed by atoms with Crippen LogP contribution in [0.3, 0.4) is 0 Å². The van der Waals surface area contributed by atoms with E-state index in [0.717, 1.165) is 12.0 Å². The molecular weight excluding hydrogens is 280 g/mol. The number of ether oxygens (including phenoxy) is 3. The minimum Gasteiger partial charge on any atom is -0.489 e. The van der Waals surface area contributed by atoms with Crippen molar-refractivity contribution in [3.63, 3.8) is 0 Å². The van der Waals surface area contributed by atoms with E-state index in [1.54, 1.807) is 26.0 Å². The van der Waals surface area contributed by atoms with Crippen LogP contribution < -0.4 is 9.47 Å². The van der Waals surface area contributed by atoms with Gasteiger partial charge in [0.1, 0.15) is 0 Å². The zero-order valence-electron chi connectivity index (χ0n) is 11.6. The number of hydrogen-bond donors (Lipinski definition) is 0. The van der Waals surface area contributed by atoms with E-state index in [1.807, 2.05) is 6.07 Å². The average Bonchev–Trinajstić information content (AvgIpc) is 2.64. The lowest BCUT2D eigenvalue weighted by atomic mass is 10.1. The van der Waals surface area contributed by atoms with E-state index in [1.165, 1.54) is 0 Å². The highest BCUT2D eigenvalue weighted by Crippen LogP contribution is 2.38. The van der Waals surface area contributed by atoms with Crippen molar-refractivity contribution in [2.24, 2.45) is 0 Å². The van der Waals surface area contributed by atoms with Crippen molar-refractivity contribution in [1.82, 2.24) is 0 Å². The molecule has 0 aliphatic carbocycles. The summed E-state index contributed by atoms with van der Waals surface area (Å²) in [4.78, 5) is 11.6. The summed E-state index contributed by atoms with van der Waals surface area (Å²) in [5, 5.41) is 0.479. The van der Waals surface area contributed by atoms with Crippen molar-refractivity contribution in [3.8, 4) is 11.5 Å². The molecule has 1 aromatic carbocycles. The van der Waals surface area contributed by atoms with Crippen LogP contribution in [0.4, 0.5) is 0 Å². The maximum Gasteiger partial charge on any atom is 0.333 e. The normalized spacial score (nSPS) is 14.7. The van der Waals surface area contributed by atoms with E-state index in [-0.39, 0.29) is 5.97 Å². The molecule has 1 aromatic rings. The molecule has 0 unspecified atom stereocenters. The molecule has 0 bridgehead atoms. The molecule has 0 atom stereocenters. The molecule has 5 heteroatoms. The second-order valence-corrected chi connectivity index (χ2v) is 4.84. The lowest BCUT2D eigenvalue weighted by Gasteiger charge is -2.10. The van der Waals surface area contributed by atoms with Crippen LogP contribution >= 0.6 is 11.6 Å². The van der Waals surface area contributed by atoms with Crippen molar-refractivity contribution in [2.45, 2.75) is 20.3 Å². The molecule has 0 N–H and O–H groups in total. The van der Waals surface area contributed by atoms with Crippen molar-refractivity contribution in [3.05, 3.63) is 28.3 Å². The predicted molar refractivity (Wildman–Crippen MR) is 77.3 cm³/mol. The molecule has 1 heterocycles. The van der Waals surface area contributed by atoms with E-state index >= 15 is 0 Å². The summed E-state index contributed by atoms with van der Waals surface area (Å²) in [6.45, 7) is 5.01. The Morgan fingerprint density at radius 2 is 2.15 bits per heavy atom. The number of halogens is 1. The van der Waals surface area contributed by atoms with E-state index in [2.05, 4.69) is 0 Å². The third-order valence-electron chi connectivity index (χ3n) is 2.81. The third kappa shape index (κ3) is 3.45. The Labute approximate surface area is 123 Å². The summed E-state index contributed by atoms with van der Waals surface area (Å²) < 4.78 is 16.1. The monoisotopic (exact) mass is 296 g/mol. The molecule has 2 rings (SSSR count). The summed E-state index contributed by atoms with van der Waals surface area (Å²) >= 11 is 6.19. The summed E-state index contributed by atoms with van der Waals surface area (Å²) in [6, 6.07) is 3.56. The Hall–Kier alpha value is -1.68. The van der Waals surface area contributed by atoms with Crippen molar-refractivity contribution in [2.75, 3.05) is 19.8 Å². The number of carbonyl (C=O) groups is 1. The Balaban J connectivity index is 2.30. The summed E-state index contributed by atoms with van der Waals surface area (Å²) in [5.41, 5.74) is 1.29. The van der Waals surface area contributed by atoms with Crippen LogP contribution in [0.1, 0.15) is 25.8 Å². The molecule has 0 aromatic heterocycles. The lowest BCUT2D eigenvalue weighted by Crippen LogP contribution is -2.04. The van der Waals surface area contributed by atoms with Gasteiger partial charge in [0.2, 0.25) is 0 Å². The van der Waals surface area contributed by atoms with Crippen LogP contribution in [0, 0.1) is 0 Å². The first-order valence-corrected chi connectivity index (χ1v) is 6.94. The molecule has 0 spiro atoms. The SMILES string of the molecule is CCOC(=O)/C(C)=C/c1cc(Cl)c2c(c1)OCCCO2. The van der Waals surface area contributed by atoms with Gasteiger partial charge in [-0.3, -0.25) is 0 Å². The van der Waals surface area contributed by atoms with Crippen LogP contribution in [0.2, 0.25) is 5.02 Å². The van der Waals surface area contributed by atoms with E-state index < -0.39 is 0 Å². The van der Waals surface area contributed by atoms with Crippen molar-refractivity contribution >= 4 is 23.6 Å². The van der Waals surface area contributed by atoms with E-state index in [9.17, 15) is 4.79 Å². The Kier molecular flexibility index (Phi) is 4.90. The molecule has 20 heavy (non-hydrogen) atoms. The van der Waals surface area contributed by atoms with Crippen LogP contribution in [0.5, 0.6) is 11.5 Å². The van der Waals surface area contributed by atoms with Gasteiger partial charge in [-0.1, -0.05) is 11.6 Å². The predicted octanol–water partition coefficient (Wildman–Crippen LogP) is 3.47. The van der Waals surface area contributed by atoms with Crippen molar-refractivity contribution < 1.29 is 19.0 Å². The van der Waals surface area contributed by atoms with Gasteiger partial charge < -0.3 is 14.2 Å². The number of hydrogen-bond acceptors (Lipinski definition) is 4. The van der Waals surface area contributed by atoms with E-state index in [4.69, 9.17) is 25.8 Å². The molecule has 0 saturated carbocycles. The first kappa shape index (κ1) is 14.7. The first-order chi connectivity index (χ1) is 9.61. The Bertz CT molecular complexity index is 537. The highest BCUT2D eigenvalue weighted by molar-refractivity contribution is 6.32. The second-order valence-electron chi connectivity index (χ2n) is 4.43. The van der Waals surface area contributed by atoms with Crippen LogP contribution in [-0.2, 0) is 9.53 Å². The highest BCUT2D eigenvalue weighted by atomic mass is 35.5. The first-order valence-electron chi connectivity index (χ1n) is 6.56. The van der Waals surface area contributed by atoms with Gasteiger partial charge in [0, 0.05) is 12.0 Å². The number of benzene rings is 1. The standard InChI is InChI=1S/C15H17ClO4/c1-3-18-15(17)10(2)7-11-8-12(16)14-13(9-11)19-5-4-6-20-14/h7-9H,3-6H2,1-2H3/b10-7+. The van der Waals surface area contributed by atoms with Crippen LogP contribution in [0.25, 0.3) is 6.08 Å². The summed E-state index contributed by atoms with van der Waals surface area (Å²) in [7, 11) is 0. The Morgan fingerprint density at radius 3 is 2.90 bits per heavy atom. The quantitative estimate of drug-likeness (QED) is 0.633. The largest absolute Gasteiger partial charge is 0.489 e. The van der Waals surface area contributed by atoms with Crippen molar-refractivity contribution in [1.29, 1.82) is 0 Å². The van der Waals surface area contributed by atoms with E-state index in [0.29, 0.717) is 41.9 Å². The van der Waals surface area contributed by atoms with Gasteiger partial charge in [0.05, 0.1) is 24.8 Å². The smallest absolute Gasteiger partial charge is 0.333 e. The van der Waals surface area contributed by atoms with Crippen LogP contribution in [-0.4, -0.2) is 25.8 Å². The molecule has 0 radical (unpaired) electrons. The molecule has 108 valence electrons. The molecule has 0 amide bonds. The zero-order chi connectivity index (χ0) is 14.5. The van der Waals surface area contributed by atoms with Gasteiger partial charge >= 0.3 is 5.97 Å². The van der Waals surface area contributed by atoms with Gasteiger partial charge in [0.25, 0.3) is 0 Å². The van der Waals surface area contributed by atoms with Crippen LogP contribution in [0.15, 0.2) is 17.7 Å². The third-order valence-corrected chi connectivity index (χ3v) is 3.09. The lowest BCUT2D eigenvalue weighted by molar-refractivity contribution is -0.138. The highest BCUT2D eigenvalue weighted by Gasteiger charge is 2.15.